The predicted octanol–water partition coefficient (Wildman–Crippen LogP) is 4.40. The lowest BCUT2D eigenvalue weighted by Crippen LogP contribution is -2.48. The lowest BCUT2D eigenvalue weighted by atomic mass is 9.94. The molecule has 4 heterocycles. The van der Waals surface area contributed by atoms with Gasteiger partial charge in [-0.3, -0.25) is 14.5 Å². The van der Waals surface area contributed by atoms with E-state index >= 15 is 0 Å². The summed E-state index contributed by atoms with van der Waals surface area (Å²) in [7, 11) is 0. The molecule has 2 fully saturated rings. The normalized spacial score (nSPS) is 22.0. The van der Waals surface area contributed by atoms with E-state index in [1.54, 1.807) is 4.90 Å². The van der Waals surface area contributed by atoms with Gasteiger partial charge < -0.3 is 10.0 Å². The number of hydrogen-bond donors (Lipinski definition) is 2. The van der Waals surface area contributed by atoms with E-state index in [0.29, 0.717) is 23.7 Å². The third-order valence-corrected chi connectivity index (χ3v) is 7.51. The van der Waals surface area contributed by atoms with E-state index in [1.165, 1.54) is 0 Å². The van der Waals surface area contributed by atoms with Crippen LogP contribution in [0.1, 0.15) is 49.3 Å². The summed E-state index contributed by atoms with van der Waals surface area (Å²) in [5, 5.41) is 11.3. The van der Waals surface area contributed by atoms with E-state index in [-0.39, 0.29) is 17.3 Å². The maximum atomic E-state index is 14.4. The molecule has 15 heteroatoms. The van der Waals surface area contributed by atoms with E-state index in [1.807, 2.05) is 5.32 Å². The first-order valence-electron chi connectivity index (χ1n) is 12.1. The zero-order chi connectivity index (χ0) is 28.3. The smallest absolute Gasteiger partial charge is 0.417 e. The number of halogens is 7. The molecule has 0 radical (unpaired) electrons. The largest absolute Gasteiger partial charge is 0.477 e. The molecule has 1 aliphatic carbocycles. The van der Waals surface area contributed by atoms with Crippen molar-refractivity contribution in [1.82, 2.24) is 14.7 Å². The number of pyridine rings is 1. The molecule has 5 rings (SSSR count). The summed E-state index contributed by atoms with van der Waals surface area (Å²) in [6.45, 7) is 0.968. The Balaban J connectivity index is 1.64. The van der Waals surface area contributed by atoms with Gasteiger partial charge in [0.2, 0.25) is 5.95 Å². The van der Waals surface area contributed by atoms with Crippen molar-refractivity contribution in [3.8, 4) is 0 Å². The van der Waals surface area contributed by atoms with E-state index in [9.17, 15) is 45.4 Å². The highest BCUT2D eigenvalue weighted by atomic mass is 19.4. The number of nitrogens with one attached hydrogen (secondary N) is 1. The van der Waals surface area contributed by atoms with Gasteiger partial charge in [0.1, 0.15) is 23.2 Å². The molecule has 2 aromatic heterocycles. The van der Waals surface area contributed by atoms with Crippen molar-refractivity contribution < 1.29 is 40.6 Å². The standard InChI is InChI=1S/C24H22F7N5O3/c25-15-2-1-14(18(33-15)21(38)39)32-19(24(29,30)31)13-9-12(23(26,27)28)11-36-17(37)10-16(34-20(13)36)35-7-5-22(3-4-22)6-8-35/h2,9-11,14,19,32H,1,3-8H2,(H,38,39). The molecule has 0 bridgehead atoms. The van der Waals surface area contributed by atoms with Crippen LogP contribution in [-0.2, 0) is 11.0 Å². The number of aliphatic imine (C=N–C) groups is 1. The Morgan fingerprint density at radius 1 is 1.10 bits per heavy atom. The van der Waals surface area contributed by atoms with Crippen LogP contribution in [0.5, 0.6) is 0 Å². The Morgan fingerprint density at radius 3 is 2.33 bits per heavy atom. The van der Waals surface area contributed by atoms with Crippen molar-refractivity contribution >= 4 is 23.1 Å². The molecule has 2 aromatic rings. The number of aliphatic carboxylic acids is 1. The highest BCUT2D eigenvalue weighted by Gasteiger charge is 2.47. The molecule has 1 saturated heterocycles. The molecule has 2 atom stereocenters. The Bertz CT molecular complexity index is 1430. The minimum absolute atomic E-state index is 0.0351. The van der Waals surface area contributed by atoms with Crippen molar-refractivity contribution in [3.63, 3.8) is 0 Å². The fourth-order valence-electron chi connectivity index (χ4n) is 5.10. The fraction of sp³-hybridized carbons (Fsp3) is 0.500. The van der Waals surface area contributed by atoms with Crippen LogP contribution in [0.3, 0.4) is 0 Å². The number of aromatic nitrogens is 2. The Hall–Kier alpha value is -3.49. The van der Waals surface area contributed by atoms with E-state index in [2.05, 4.69) is 9.98 Å². The molecule has 210 valence electrons. The lowest BCUT2D eigenvalue weighted by Gasteiger charge is -2.33. The molecule has 0 aromatic carbocycles. The Kier molecular flexibility index (Phi) is 6.47. The molecule has 2 unspecified atom stereocenters. The average Bonchev–Trinajstić information content (AvgIpc) is 3.60. The molecule has 1 saturated carbocycles. The minimum atomic E-state index is -5.27. The van der Waals surface area contributed by atoms with Crippen LogP contribution >= 0.6 is 0 Å². The molecule has 2 aliphatic heterocycles. The average molecular weight is 561 g/mol. The third-order valence-electron chi connectivity index (χ3n) is 7.51. The van der Waals surface area contributed by atoms with Crippen LogP contribution in [0.25, 0.3) is 5.65 Å². The Labute approximate surface area is 215 Å². The van der Waals surface area contributed by atoms with Crippen molar-refractivity contribution in [2.45, 2.75) is 56.5 Å². The second-order valence-electron chi connectivity index (χ2n) is 10.1. The molecule has 1 spiro atoms. The second-order valence-corrected chi connectivity index (χ2v) is 10.1. The molecule has 3 aliphatic rings. The number of anilines is 1. The maximum Gasteiger partial charge on any atom is 0.417 e. The van der Waals surface area contributed by atoms with Gasteiger partial charge in [0.15, 0.2) is 0 Å². The summed E-state index contributed by atoms with van der Waals surface area (Å²) in [4.78, 5) is 33.5. The quantitative estimate of drug-likeness (QED) is 0.415. The van der Waals surface area contributed by atoms with Gasteiger partial charge in [0.05, 0.1) is 11.6 Å². The molecule has 39 heavy (non-hydrogen) atoms. The maximum absolute atomic E-state index is 14.4. The number of carbonyl (C=O) groups is 1. The van der Waals surface area contributed by atoms with Gasteiger partial charge in [-0.1, -0.05) is 0 Å². The third kappa shape index (κ3) is 5.36. The first-order chi connectivity index (χ1) is 18.2. The van der Waals surface area contributed by atoms with Gasteiger partial charge in [0, 0.05) is 30.9 Å². The fourth-order valence-corrected chi connectivity index (χ4v) is 5.10. The van der Waals surface area contributed by atoms with Crippen LogP contribution in [0, 0.1) is 5.41 Å². The van der Waals surface area contributed by atoms with Gasteiger partial charge in [-0.2, -0.15) is 30.7 Å². The van der Waals surface area contributed by atoms with E-state index in [0.717, 1.165) is 37.8 Å². The Morgan fingerprint density at radius 2 is 1.77 bits per heavy atom. The van der Waals surface area contributed by atoms with Crippen LogP contribution in [0.15, 0.2) is 40.1 Å². The van der Waals surface area contributed by atoms with Crippen LogP contribution < -0.4 is 15.8 Å². The van der Waals surface area contributed by atoms with Gasteiger partial charge in [-0.05, 0) is 49.7 Å². The van der Waals surface area contributed by atoms with Crippen LogP contribution in [0.2, 0.25) is 0 Å². The van der Waals surface area contributed by atoms with Crippen molar-refractivity contribution in [2.75, 3.05) is 18.0 Å². The summed E-state index contributed by atoms with van der Waals surface area (Å²) in [6, 6.07) is -3.38. The van der Waals surface area contributed by atoms with Gasteiger partial charge >= 0.3 is 18.3 Å². The molecular weight excluding hydrogens is 539 g/mol. The summed E-state index contributed by atoms with van der Waals surface area (Å²) >= 11 is 0. The number of rotatable bonds is 5. The van der Waals surface area contributed by atoms with Crippen molar-refractivity contribution in [1.29, 1.82) is 0 Å². The van der Waals surface area contributed by atoms with E-state index in [4.69, 9.17) is 0 Å². The minimum Gasteiger partial charge on any atom is -0.477 e. The highest BCUT2D eigenvalue weighted by Crippen LogP contribution is 2.53. The number of nitrogens with zero attached hydrogens (tertiary/aromatic N) is 4. The summed E-state index contributed by atoms with van der Waals surface area (Å²) < 4.78 is 98.4. The topological polar surface area (TPSA) is 99.3 Å². The number of carboxylic acids is 1. The van der Waals surface area contributed by atoms with Gasteiger partial charge in [-0.25, -0.2) is 14.8 Å². The summed E-state index contributed by atoms with van der Waals surface area (Å²) in [5.74, 6) is -2.99. The van der Waals surface area contributed by atoms with Crippen molar-refractivity contribution in [2.24, 2.45) is 10.4 Å². The zero-order valence-electron chi connectivity index (χ0n) is 20.1. The second kappa shape index (κ2) is 9.31. The van der Waals surface area contributed by atoms with E-state index < -0.39 is 70.8 Å². The first-order valence-corrected chi connectivity index (χ1v) is 12.1. The number of fused-ring (bicyclic) bond motifs is 1. The SMILES string of the molecule is O=C(O)C1=NC(F)=CCC1NC(c1cc(C(F)(F)F)cn2c(=O)cc(N3CCC4(CC3)CC4)nc12)C(F)(F)F. The molecule has 0 amide bonds. The lowest BCUT2D eigenvalue weighted by molar-refractivity contribution is -0.159. The molecular formula is C24H22F7N5O3. The molecule has 8 nitrogen and oxygen atoms in total. The van der Waals surface area contributed by atoms with Gasteiger partial charge in [0.25, 0.3) is 5.56 Å². The first kappa shape index (κ1) is 27.1. The van der Waals surface area contributed by atoms with Gasteiger partial charge in [-0.15, -0.1) is 0 Å². The number of carboxylic acid groups (broad SMARTS) is 1. The zero-order valence-corrected chi connectivity index (χ0v) is 20.1. The highest BCUT2D eigenvalue weighted by molar-refractivity contribution is 6.38. The summed E-state index contributed by atoms with van der Waals surface area (Å²) in [5.41, 5.74) is -4.99. The predicted molar refractivity (Wildman–Crippen MR) is 124 cm³/mol. The molecule has 2 N–H and O–H groups in total. The van der Waals surface area contributed by atoms with Crippen molar-refractivity contribution in [3.05, 3.63) is 51.8 Å². The van der Waals surface area contributed by atoms with Crippen LogP contribution in [0.4, 0.5) is 36.6 Å². The van der Waals surface area contributed by atoms with Crippen LogP contribution in [-0.4, -0.2) is 51.5 Å². The summed E-state index contributed by atoms with van der Waals surface area (Å²) in [6.07, 6.45) is -6.09. The number of alkyl halides is 6. The monoisotopic (exact) mass is 561 g/mol. The number of piperidine rings is 1. The number of hydrogen-bond acceptors (Lipinski definition) is 6.